The summed E-state index contributed by atoms with van der Waals surface area (Å²) in [5.74, 6) is 0. The van der Waals surface area contributed by atoms with E-state index in [0.29, 0.717) is 5.02 Å². The van der Waals surface area contributed by atoms with Crippen LogP contribution < -0.4 is 0 Å². The number of hydrogen-bond acceptors (Lipinski definition) is 1. The molecule has 1 atom stereocenters. The summed E-state index contributed by atoms with van der Waals surface area (Å²) in [6.45, 7) is 0. The fourth-order valence-electron chi connectivity index (χ4n) is 1.55. The van der Waals surface area contributed by atoms with Crippen molar-refractivity contribution in [1.29, 1.82) is 0 Å². The second-order valence-corrected chi connectivity index (χ2v) is 5.49. The van der Waals surface area contributed by atoms with Crippen LogP contribution in [0.4, 0.5) is 0 Å². The van der Waals surface area contributed by atoms with Crippen LogP contribution in [0.25, 0.3) is 0 Å². The predicted octanol–water partition coefficient (Wildman–Crippen LogP) is 5.02. The number of nitrogens with zero attached hydrogens (tertiary/aromatic N) is 1. The van der Waals surface area contributed by atoms with Crippen molar-refractivity contribution in [3.05, 3.63) is 63.3 Å². The lowest BCUT2D eigenvalue weighted by Crippen LogP contribution is -1.96. The first-order valence-electron chi connectivity index (χ1n) is 5.15. The van der Waals surface area contributed by atoms with Crippen LogP contribution in [0, 0.1) is 0 Å². The summed E-state index contributed by atoms with van der Waals surface area (Å²) in [6.07, 6.45) is 4.32. The van der Waals surface area contributed by atoms with Crippen LogP contribution in [-0.2, 0) is 6.42 Å². The minimum absolute atomic E-state index is 0.0639. The van der Waals surface area contributed by atoms with Gasteiger partial charge in [-0.3, -0.25) is 4.98 Å². The smallest absolute Gasteiger partial charge is 0.0626 e. The van der Waals surface area contributed by atoms with Gasteiger partial charge in [-0.1, -0.05) is 17.7 Å². The molecule has 1 aromatic carbocycles. The van der Waals surface area contributed by atoms with Crippen molar-refractivity contribution in [3.8, 4) is 0 Å². The highest BCUT2D eigenvalue weighted by atomic mass is 79.9. The summed E-state index contributed by atoms with van der Waals surface area (Å²) in [5.41, 5.74) is 2.23. The molecule has 1 unspecified atom stereocenters. The van der Waals surface area contributed by atoms with Crippen molar-refractivity contribution < 1.29 is 0 Å². The van der Waals surface area contributed by atoms with Crippen molar-refractivity contribution in [2.75, 3.05) is 0 Å². The molecule has 1 aromatic heterocycles. The average Bonchev–Trinajstić information content (AvgIpc) is 2.34. The molecule has 0 aliphatic rings. The van der Waals surface area contributed by atoms with E-state index in [-0.39, 0.29) is 5.38 Å². The van der Waals surface area contributed by atoms with Crippen LogP contribution in [0.2, 0.25) is 5.02 Å². The first-order valence-corrected chi connectivity index (χ1v) is 6.75. The monoisotopic (exact) mass is 329 g/mol. The van der Waals surface area contributed by atoms with Gasteiger partial charge < -0.3 is 0 Å². The second kappa shape index (κ2) is 5.85. The van der Waals surface area contributed by atoms with Crippen molar-refractivity contribution in [1.82, 2.24) is 4.98 Å². The lowest BCUT2D eigenvalue weighted by molar-refractivity contribution is 0.915. The summed E-state index contributed by atoms with van der Waals surface area (Å²) in [6, 6.07) is 9.71. The highest BCUT2D eigenvalue weighted by Gasteiger charge is 2.10. The normalized spacial score (nSPS) is 12.4. The standard InChI is InChI=1S/C13H10BrCl2N/c14-11-8-10(1-2-12(11)15)13(16)7-9-3-5-17-6-4-9/h1-6,8,13H,7H2. The van der Waals surface area contributed by atoms with Gasteiger partial charge in [0.05, 0.1) is 10.4 Å². The van der Waals surface area contributed by atoms with Crippen LogP contribution in [0.3, 0.4) is 0 Å². The lowest BCUT2D eigenvalue weighted by atomic mass is 10.1. The van der Waals surface area contributed by atoms with Crippen LogP contribution in [-0.4, -0.2) is 4.98 Å². The summed E-state index contributed by atoms with van der Waals surface area (Å²) < 4.78 is 0.872. The average molecular weight is 331 g/mol. The lowest BCUT2D eigenvalue weighted by Gasteiger charge is -2.10. The summed E-state index contributed by atoms with van der Waals surface area (Å²) in [5, 5.41) is 0.632. The van der Waals surface area contributed by atoms with E-state index in [1.54, 1.807) is 12.4 Å². The number of benzene rings is 1. The quantitative estimate of drug-likeness (QED) is 0.720. The van der Waals surface area contributed by atoms with E-state index < -0.39 is 0 Å². The van der Waals surface area contributed by atoms with Crippen LogP contribution in [0.15, 0.2) is 47.2 Å². The number of pyridine rings is 1. The molecule has 0 fully saturated rings. The summed E-state index contributed by atoms with van der Waals surface area (Å²) in [7, 11) is 0. The Balaban J connectivity index is 2.14. The summed E-state index contributed by atoms with van der Waals surface area (Å²) >= 11 is 15.7. The molecule has 2 rings (SSSR count). The maximum atomic E-state index is 6.38. The van der Waals surface area contributed by atoms with Gasteiger partial charge in [-0.2, -0.15) is 0 Å². The predicted molar refractivity (Wildman–Crippen MR) is 75.7 cm³/mol. The third-order valence-electron chi connectivity index (χ3n) is 2.47. The van der Waals surface area contributed by atoms with E-state index >= 15 is 0 Å². The Morgan fingerprint density at radius 1 is 1.18 bits per heavy atom. The Bertz CT molecular complexity index is 502. The van der Waals surface area contributed by atoms with Gasteiger partial charge in [0, 0.05) is 16.9 Å². The minimum Gasteiger partial charge on any atom is -0.265 e. The molecule has 0 saturated heterocycles. The van der Waals surface area contributed by atoms with Gasteiger partial charge in [0.1, 0.15) is 0 Å². The zero-order valence-electron chi connectivity index (χ0n) is 8.91. The molecule has 0 amide bonds. The van der Waals surface area contributed by atoms with Gasteiger partial charge in [-0.25, -0.2) is 0 Å². The number of hydrogen-bond donors (Lipinski definition) is 0. The molecule has 0 spiro atoms. The molecule has 0 bridgehead atoms. The second-order valence-electron chi connectivity index (χ2n) is 3.70. The fraction of sp³-hybridized carbons (Fsp3) is 0.154. The number of halogens is 3. The third-order valence-corrected chi connectivity index (χ3v) is 4.09. The molecule has 17 heavy (non-hydrogen) atoms. The third kappa shape index (κ3) is 3.44. The molecule has 0 N–H and O–H groups in total. The summed E-state index contributed by atoms with van der Waals surface area (Å²) in [4.78, 5) is 3.98. The molecule has 88 valence electrons. The van der Waals surface area contributed by atoms with Gasteiger partial charge >= 0.3 is 0 Å². The van der Waals surface area contributed by atoms with E-state index in [1.807, 2.05) is 30.3 Å². The molecule has 4 heteroatoms. The van der Waals surface area contributed by atoms with Crippen LogP contribution >= 0.6 is 39.1 Å². The van der Waals surface area contributed by atoms with Gasteiger partial charge in [-0.15, -0.1) is 11.6 Å². The Morgan fingerprint density at radius 2 is 1.88 bits per heavy atom. The molecular weight excluding hydrogens is 321 g/mol. The number of aromatic nitrogens is 1. The number of alkyl halides is 1. The fourth-order valence-corrected chi connectivity index (χ4v) is 2.38. The highest BCUT2D eigenvalue weighted by molar-refractivity contribution is 9.10. The van der Waals surface area contributed by atoms with E-state index in [1.165, 1.54) is 5.56 Å². The zero-order chi connectivity index (χ0) is 12.3. The van der Waals surface area contributed by atoms with Crippen molar-refractivity contribution in [2.24, 2.45) is 0 Å². The topological polar surface area (TPSA) is 12.9 Å². The van der Waals surface area contributed by atoms with Gasteiger partial charge in [-0.05, 0) is 57.7 Å². The SMILES string of the molecule is Clc1ccc(C(Cl)Cc2ccncc2)cc1Br. The first-order chi connectivity index (χ1) is 8.16. The Kier molecular flexibility index (Phi) is 4.43. The molecule has 0 aliphatic heterocycles. The first kappa shape index (κ1) is 12.9. The van der Waals surface area contributed by atoms with Gasteiger partial charge in [0.15, 0.2) is 0 Å². The largest absolute Gasteiger partial charge is 0.265 e. The maximum absolute atomic E-state index is 6.38. The molecule has 1 heterocycles. The Labute approximate surface area is 119 Å². The minimum atomic E-state index is -0.0639. The van der Waals surface area contributed by atoms with Crippen molar-refractivity contribution in [3.63, 3.8) is 0 Å². The van der Waals surface area contributed by atoms with E-state index in [2.05, 4.69) is 20.9 Å². The maximum Gasteiger partial charge on any atom is 0.0626 e. The zero-order valence-corrected chi connectivity index (χ0v) is 12.0. The van der Waals surface area contributed by atoms with E-state index in [4.69, 9.17) is 23.2 Å². The van der Waals surface area contributed by atoms with Crippen molar-refractivity contribution >= 4 is 39.1 Å². The number of rotatable bonds is 3. The van der Waals surface area contributed by atoms with Crippen LogP contribution in [0.5, 0.6) is 0 Å². The Hall–Kier alpha value is -0.570. The van der Waals surface area contributed by atoms with Gasteiger partial charge in [0.25, 0.3) is 0 Å². The van der Waals surface area contributed by atoms with Crippen LogP contribution in [0.1, 0.15) is 16.5 Å². The van der Waals surface area contributed by atoms with Crippen molar-refractivity contribution in [2.45, 2.75) is 11.8 Å². The van der Waals surface area contributed by atoms with E-state index in [0.717, 1.165) is 16.5 Å². The Morgan fingerprint density at radius 3 is 2.53 bits per heavy atom. The molecular formula is C13H10BrCl2N. The molecule has 0 aliphatic carbocycles. The molecule has 0 radical (unpaired) electrons. The van der Waals surface area contributed by atoms with Gasteiger partial charge in [0.2, 0.25) is 0 Å². The molecule has 0 saturated carbocycles. The van der Waals surface area contributed by atoms with E-state index in [9.17, 15) is 0 Å². The molecule has 2 aromatic rings. The molecule has 1 nitrogen and oxygen atoms in total. The highest BCUT2D eigenvalue weighted by Crippen LogP contribution is 2.30.